The first-order chi connectivity index (χ1) is 7.06. The number of aromatic amines is 1. The number of rotatable bonds is 4. The quantitative estimate of drug-likeness (QED) is 0.670. The van der Waals surface area contributed by atoms with Gasteiger partial charge in [0.2, 0.25) is 5.75 Å². The van der Waals surface area contributed by atoms with E-state index < -0.39 is 23.8 Å². The second-order valence-corrected chi connectivity index (χ2v) is 2.68. The van der Waals surface area contributed by atoms with Crippen LogP contribution >= 0.6 is 0 Å². The number of H-pyrrole nitrogens is 1. The normalized spacial score (nSPS) is 9.93. The zero-order valence-electron chi connectivity index (χ0n) is 8.02. The van der Waals surface area contributed by atoms with Crippen LogP contribution in [0.25, 0.3) is 0 Å². The van der Waals surface area contributed by atoms with Crippen molar-refractivity contribution in [1.82, 2.24) is 9.55 Å². The summed E-state index contributed by atoms with van der Waals surface area (Å²) in [7, 11) is 0. The molecular weight excluding hydrogens is 204 g/mol. The van der Waals surface area contributed by atoms with E-state index in [0.29, 0.717) is 4.57 Å². The van der Waals surface area contributed by atoms with E-state index in [1.165, 1.54) is 0 Å². The van der Waals surface area contributed by atoms with Crippen LogP contribution in [-0.4, -0.2) is 27.2 Å². The molecule has 0 spiro atoms. The fourth-order valence-electron chi connectivity index (χ4n) is 1.03. The predicted molar refractivity (Wildman–Crippen MR) is 50.1 cm³/mol. The highest BCUT2D eigenvalue weighted by Gasteiger charge is 2.10. The number of hydrogen-bond acceptors (Lipinski definition) is 4. The Labute approximate surface area is 83.9 Å². The van der Waals surface area contributed by atoms with E-state index in [4.69, 9.17) is 9.84 Å². The van der Waals surface area contributed by atoms with Gasteiger partial charge >= 0.3 is 11.7 Å². The average molecular weight is 214 g/mol. The number of nitrogens with one attached hydrogen (secondary N) is 1. The van der Waals surface area contributed by atoms with Gasteiger partial charge in [0.25, 0.3) is 5.56 Å². The van der Waals surface area contributed by atoms with Crippen molar-refractivity contribution in [2.24, 2.45) is 0 Å². The van der Waals surface area contributed by atoms with E-state index in [-0.39, 0.29) is 12.4 Å². The number of carboxylic acids is 1. The largest absolute Gasteiger partial charge is 0.487 e. The summed E-state index contributed by atoms with van der Waals surface area (Å²) in [5.74, 6) is -1.34. The predicted octanol–water partition coefficient (Wildman–Crippen LogP) is -0.980. The highest BCUT2D eigenvalue weighted by Crippen LogP contribution is 1.96. The Hall–Kier alpha value is -2.05. The van der Waals surface area contributed by atoms with Crippen LogP contribution < -0.4 is 16.0 Å². The van der Waals surface area contributed by atoms with Gasteiger partial charge in [-0.05, 0) is 6.92 Å². The van der Waals surface area contributed by atoms with Crippen molar-refractivity contribution in [3.05, 3.63) is 27.0 Å². The Morgan fingerprint density at radius 2 is 2.27 bits per heavy atom. The summed E-state index contributed by atoms with van der Waals surface area (Å²) in [5.41, 5.74) is -1.52. The molecule has 0 saturated heterocycles. The van der Waals surface area contributed by atoms with Crippen LogP contribution in [-0.2, 0) is 11.3 Å². The maximum atomic E-state index is 11.5. The van der Waals surface area contributed by atoms with Gasteiger partial charge in [-0.2, -0.15) is 0 Å². The first-order valence-corrected chi connectivity index (χ1v) is 4.23. The van der Waals surface area contributed by atoms with E-state index in [1.54, 1.807) is 6.92 Å². The SMILES string of the molecule is CCOc1c[nH]c(=O)n(CC(=O)O)c1=O. The molecule has 2 N–H and O–H groups in total. The number of ether oxygens (including phenoxy) is 1. The molecule has 1 rings (SSSR count). The van der Waals surface area contributed by atoms with Crippen molar-refractivity contribution >= 4 is 5.97 Å². The molecule has 0 bridgehead atoms. The van der Waals surface area contributed by atoms with Gasteiger partial charge in [-0.3, -0.25) is 9.59 Å². The Bertz CT molecular complexity index is 473. The van der Waals surface area contributed by atoms with Crippen molar-refractivity contribution in [2.45, 2.75) is 13.5 Å². The summed E-state index contributed by atoms with van der Waals surface area (Å²) >= 11 is 0. The lowest BCUT2D eigenvalue weighted by Gasteiger charge is -2.04. The van der Waals surface area contributed by atoms with Gasteiger partial charge in [0, 0.05) is 0 Å². The molecule has 0 fully saturated rings. The minimum Gasteiger partial charge on any atom is -0.487 e. The van der Waals surface area contributed by atoms with Gasteiger partial charge in [-0.1, -0.05) is 0 Å². The molecule has 1 heterocycles. The molecule has 82 valence electrons. The van der Waals surface area contributed by atoms with Crippen molar-refractivity contribution in [3.8, 4) is 5.75 Å². The van der Waals surface area contributed by atoms with Crippen molar-refractivity contribution in [1.29, 1.82) is 0 Å². The lowest BCUT2D eigenvalue weighted by molar-refractivity contribution is -0.137. The summed E-state index contributed by atoms with van der Waals surface area (Å²) in [6.07, 6.45) is 1.12. The molecule has 0 aliphatic carbocycles. The van der Waals surface area contributed by atoms with Crippen LogP contribution in [0.3, 0.4) is 0 Å². The molecule has 0 atom stereocenters. The minimum atomic E-state index is -1.27. The summed E-state index contributed by atoms with van der Waals surface area (Å²) < 4.78 is 5.48. The highest BCUT2D eigenvalue weighted by molar-refractivity contribution is 5.66. The Balaban J connectivity index is 3.24. The fraction of sp³-hybridized carbons (Fsp3) is 0.375. The molecule has 7 nitrogen and oxygen atoms in total. The summed E-state index contributed by atoms with van der Waals surface area (Å²) in [6.45, 7) is 1.25. The molecular formula is C8H10N2O5. The van der Waals surface area contributed by atoms with E-state index in [0.717, 1.165) is 6.20 Å². The number of carboxylic acid groups (broad SMARTS) is 1. The van der Waals surface area contributed by atoms with Crippen LogP contribution in [0, 0.1) is 0 Å². The van der Waals surface area contributed by atoms with Crippen LogP contribution in [0.15, 0.2) is 15.8 Å². The zero-order valence-corrected chi connectivity index (χ0v) is 8.02. The van der Waals surface area contributed by atoms with E-state index >= 15 is 0 Å². The first-order valence-electron chi connectivity index (χ1n) is 4.23. The van der Waals surface area contributed by atoms with Crippen LogP contribution in [0.4, 0.5) is 0 Å². The number of carbonyl (C=O) groups is 1. The third kappa shape index (κ3) is 2.46. The van der Waals surface area contributed by atoms with Crippen molar-refractivity contribution < 1.29 is 14.6 Å². The summed E-state index contributed by atoms with van der Waals surface area (Å²) in [5, 5.41) is 8.48. The molecule has 0 saturated carbocycles. The van der Waals surface area contributed by atoms with Gasteiger partial charge < -0.3 is 14.8 Å². The van der Waals surface area contributed by atoms with Gasteiger partial charge in [0.15, 0.2) is 0 Å². The molecule has 7 heteroatoms. The molecule has 1 aromatic rings. The third-order valence-electron chi connectivity index (χ3n) is 1.62. The van der Waals surface area contributed by atoms with Crippen molar-refractivity contribution in [3.63, 3.8) is 0 Å². The minimum absolute atomic E-state index is 0.0710. The number of nitrogens with zero attached hydrogens (tertiary/aromatic N) is 1. The van der Waals surface area contributed by atoms with Crippen LogP contribution in [0.5, 0.6) is 5.75 Å². The van der Waals surface area contributed by atoms with Gasteiger partial charge in [-0.25, -0.2) is 9.36 Å². The summed E-state index contributed by atoms with van der Waals surface area (Å²) in [6, 6.07) is 0. The monoisotopic (exact) mass is 214 g/mol. The van der Waals surface area contributed by atoms with E-state index in [1.807, 2.05) is 0 Å². The first kappa shape index (κ1) is 11.0. The fourth-order valence-corrected chi connectivity index (χ4v) is 1.03. The molecule has 0 radical (unpaired) electrons. The zero-order chi connectivity index (χ0) is 11.4. The molecule has 0 amide bonds. The Morgan fingerprint density at radius 3 is 2.80 bits per heavy atom. The van der Waals surface area contributed by atoms with Crippen LogP contribution in [0.1, 0.15) is 6.92 Å². The average Bonchev–Trinajstić information content (AvgIpc) is 2.17. The van der Waals surface area contributed by atoms with E-state index in [9.17, 15) is 14.4 Å². The molecule has 15 heavy (non-hydrogen) atoms. The number of hydrogen-bond donors (Lipinski definition) is 2. The topological polar surface area (TPSA) is 101 Å². The van der Waals surface area contributed by atoms with Gasteiger partial charge in [0.05, 0.1) is 12.8 Å². The smallest absolute Gasteiger partial charge is 0.329 e. The number of aliphatic carboxylic acids is 1. The van der Waals surface area contributed by atoms with E-state index in [2.05, 4.69) is 4.98 Å². The van der Waals surface area contributed by atoms with Crippen molar-refractivity contribution in [2.75, 3.05) is 6.61 Å². The second kappa shape index (κ2) is 4.45. The number of aromatic nitrogens is 2. The molecule has 0 aromatic carbocycles. The molecule has 0 aliphatic heterocycles. The maximum absolute atomic E-state index is 11.5. The Kier molecular flexibility index (Phi) is 3.27. The second-order valence-electron chi connectivity index (χ2n) is 2.68. The molecule has 0 aliphatic rings. The Morgan fingerprint density at radius 1 is 1.60 bits per heavy atom. The molecule has 1 aromatic heterocycles. The maximum Gasteiger partial charge on any atom is 0.329 e. The lowest BCUT2D eigenvalue weighted by Crippen LogP contribution is -2.37. The standard InChI is InChI=1S/C8H10N2O5/c1-2-15-5-3-9-8(14)10(7(5)13)4-6(11)12/h3H,2,4H2,1H3,(H,9,14)(H,11,12). The van der Waals surface area contributed by atoms with Crippen LogP contribution in [0.2, 0.25) is 0 Å². The summed E-state index contributed by atoms with van der Waals surface area (Å²) in [4.78, 5) is 35.2. The van der Waals surface area contributed by atoms with Gasteiger partial charge in [-0.15, -0.1) is 0 Å². The van der Waals surface area contributed by atoms with Gasteiger partial charge in [0.1, 0.15) is 6.54 Å². The third-order valence-corrected chi connectivity index (χ3v) is 1.62. The highest BCUT2D eigenvalue weighted by atomic mass is 16.5. The molecule has 0 unspecified atom stereocenters. The lowest BCUT2D eigenvalue weighted by atomic mass is 10.5.